The van der Waals surface area contributed by atoms with Gasteiger partial charge in [0.05, 0.1) is 0 Å². The molecule has 0 spiro atoms. The van der Waals surface area contributed by atoms with Crippen molar-refractivity contribution in [2.75, 3.05) is 41.3 Å². The van der Waals surface area contributed by atoms with E-state index in [0.29, 0.717) is 22.8 Å². The molecule has 2 saturated heterocycles. The topological polar surface area (TPSA) is 82.1 Å². The van der Waals surface area contributed by atoms with E-state index < -0.39 is 0 Å². The van der Waals surface area contributed by atoms with E-state index in [1.165, 1.54) is 48.7 Å². The number of thiocarbonyl (C=S) groups is 1. The molecule has 8 nitrogen and oxygen atoms in total. The summed E-state index contributed by atoms with van der Waals surface area (Å²) in [6, 6.07) is 12.5. The number of nitrogens with one attached hydrogen (secondary N) is 2. The Labute approximate surface area is 209 Å². The fourth-order valence-corrected chi connectivity index (χ4v) is 5.06. The number of hydrogen-bond acceptors (Lipinski definition) is 8. The van der Waals surface area contributed by atoms with E-state index in [4.69, 9.17) is 17.2 Å². The van der Waals surface area contributed by atoms with Crippen molar-refractivity contribution in [2.24, 2.45) is 0 Å². The monoisotopic (exact) mass is 492 g/mol. The molecule has 176 valence electrons. The van der Waals surface area contributed by atoms with Gasteiger partial charge in [-0.25, -0.2) is 15.0 Å². The fourth-order valence-electron chi connectivity index (χ4n) is 4.19. The Morgan fingerprint density at radius 3 is 2.29 bits per heavy atom. The average molecular weight is 493 g/mol. The average Bonchev–Trinajstić information content (AvgIpc) is 3.59. The Morgan fingerprint density at radius 2 is 1.59 bits per heavy atom. The molecule has 4 heterocycles. The molecule has 5 rings (SSSR count). The summed E-state index contributed by atoms with van der Waals surface area (Å²) in [6.07, 6.45) is 8.37. The maximum atomic E-state index is 5.54. The van der Waals surface area contributed by atoms with Crippen LogP contribution in [0.2, 0.25) is 0 Å². The van der Waals surface area contributed by atoms with Gasteiger partial charge in [-0.3, -0.25) is 0 Å². The minimum Gasteiger partial charge on any atom is -0.372 e. The van der Waals surface area contributed by atoms with Crippen molar-refractivity contribution in [1.82, 2.24) is 25.3 Å². The largest absolute Gasteiger partial charge is 0.372 e. The van der Waals surface area contributed by atoms with Crippen LogP contribution < -0.4 is 20.4 Å². The highest BCUT2D eigenvalue weighted by atomic mass is 32.2. The Morgan fingerprint density at radius 1 is 0.912 bits per heavy atom. The zero-order valence-corrected chi connectivity index (χ0v) is 20.6. The van der Waals surface area contributed by atoms with Crippen LogP contribution in [0.5, 0.6) is 0 Å². The van der Waals surface area contributed by atoms with Gasteiger partial charge in [0.2, 0.25) is 5.95 Å². The van der Waals surface area contributed by atoms with E-state index in [1.807, 2.05) is 6.07 Å². The third-order valence-corrected chi connectivity index (χ3v) is 7.00. The molecule has 0 aliphatic carbocycles. The number of anilines is 3. The summed E-state index contributed by atoms with van der Waals surface area (Å²) in [5.74, 6) is 1.37. The van der Waals surface area contributed by atoms with Gasteiger partial charge in [-0.15, -0.1) is 0 Å². The minimum absolute atomic E-state index is 0.477. The van der Waals surface area contributed by atoms with Gasteiger partial charge in [0, 0.05) is 56.9 Å². The second-order valence-electron chi connectivity index (χ2n) is 8.38. The van der Waals surface area contributed by atoms with Crippen molar-refractivity contribution in [2.45, 2.75) is 42.4 Å². The zero-order valence-electron chi connectivity index (χ0n) is 19.0. The molecule has 2 fully saturated rings. The summed E-state index contributed by atoms with van der Waals surface area (Å²) in [5.41, 5.74) is 2.47. The molecule has 0 amide bonds. The van der Waals surface area contributed by atoms with Crippen LogP contribution in [0, 0.1) is 0 Å². The van der Waals surface area contributed by atoms with Crippen LogP contribution in [0.3, 0.4) is 0 Å². The third kappa shape index (κ3) is 5.92. The quantitative estimate of drug-likeness (QED) is 0.286. The molecule has 0 atom stereocenters. The van der Waals surface area contributed by atoms with Crippen LogP contribution >= 0.6 is 24.0 Å². The van der Waals surface area contributed by atoms with Crippen molar-refractivity contribution in [1.29, 1.82) is 0 Å². The lowest BCUT2D eigenvalue weighted by molar-refractivity contribution is 0.900. The Hall–Kier alpha value is -2.98. The first kappa shape index (κ1) is 22.8. The van der Waals surface area contributed by atoms with Crippen molar-refractivity contribution in [3.8, 4) is 0 Å². The minimum atomic E-state index is 0.477. The van der Waals surface area contributed by atoms with Crippen LogP contribution in [-0.4, -0.2) is 51.2 Å². The highest BCUT2D eigenvalue weighted by Gasteiger charge is 2.17. The van der Waals surface area contributed by atoms with E-state index in [9.17, 15) is 0 Å². The van der Waals surface area contributed by atoms with Crippen molar-refractivity contribution < 1.29 is 0 Å². The fraction of sp³-hybridized carbons (Fsp3) is 0.375. The lowest BCUT2D eigenvalue weighted by atomic mass is 10.2. The zero-order chi connectivity index (χ0) is 23.2. The SMILES string of the molecule is S=C(NCc1ccc(N2CCCC2)cc1)Nc1nc(Sc2ncccn2)cc(N2CCCC2)n1. The van der Waals surface area contributed by atoms with Crippen molar-refractivity contribution in [3.63, 3.8) is 0 Å². The Balaban J connectivity index is 1.23. The van der Waals surface area contributed by atoms with Crippen LogP contribution in [0.25, 0.3) is 0 Å². The van der Waals surface area contributed by atoms with Gasteiger partial charge in [0.25, 0.3) is 0 Å². The molecule has 10 heteroatoms. The number of hydrogen-bond donors (Lipinski definition) is 2. The predicted molar refractivity (Wildman–Crippen MR) is 141 cm³/mol. The van der Waals surface area contributed by atoms with Gasteiger partial charge in [-0.1, -0.05) is 12.1 Å². The van der Waals surface area contributed by atoms with E-state index in [1.54, 1.807) is 18.5 Å². The summed E-state index contributed by atoms with van der Waals surface area (Å²) in [5, 5.41) is 8.37. The number of benzene rings is 1. The van der Waals surface area contributed by atoms with Crippen LogP contribution in [0.15, 0.2) is 59.0 Å². The smallest absolute Gasteiger partial charge is 0.232 e. The molecule has 0 unspecified atom stereocenters. The van der Waals surface area contributed by atoms with Gasteiger partial charge in [0.15, 0.2) is 10.3 Å². The maximum Gasteiger partial charge on any atom is 0.232 e. The molecular weight excluding hydrogens is 464 g/mol. The second-order valence-corrected chi connectivity index (χ2v) is 9.78. The van der Waals surface area contributed by atoms with Crippen LogP contribution in [0.1, 0.15) is 31.2 Å². The lowest BCUT2D eigenvalue weighted by Crippen LogP contribution is -2.29. The van der Waals surface area contributed by atoms with Gasteiger partial charge >= 0.3 is 0 Å². The summed E-state index contributed by atoms with van der Waals surface area (Å²) < 4.78 is 0. The molecule has 34 heavy (non-hydrogen) atoms. The molecular formula is C24H28N8S2. The van der Waals surface area contributed by atoms with Gasteiger partial charge in [0.1, 0.15) is 10.8 Å². The van der Waals surface area contributed by atoms with E-state index >= 15 is 0 Å². The summed E-state index contributed by atoms with van der Waals surface area (Å²) >= 11 is 6.96. The van der Waals surface area contributed by atoms with E-state index in [-0.39, 0.29) is 0 Å². The number of aromatic nitrogens is 4. The standard InChI is InChI=1S/C24H28N8S2/c33-23(27-17-18-6-8-19(9-7-18)31-12-1-2-13-31)30-22-28-20(32-14-3-4-15-32)16-21(29-22)34-24-25-10-5-11-26-24/h5-11,16H,1-4,12-15,17H2,(H2,27,28,29,30,33). The number of rotatable bonds is 7. The van der Waals surface area contributed by atoms with Gasteiger partial charge in [-0.05, 0) is 73.4 Å². The van der Waals surface area contributed by atoms with E-state index in [0.717, 1.165) is 37.0 Å². The van der Waals surface area contributed by atoms with Crippen molar-refractivity contribution in [3.05, 3.63) is 54.4 Å². The summed E-state index contributed by atoms with van der Waals surface area (Å²) in [6.45, 7) is 4.94. The molecule has 0 radical (unpaired) electrons. The molecule has 3 aromatic rings. The van der Waals surface area contributed by atoms with Gasteiger partial charge < -0.3 is 20.4 Å². The third-order valence-electron chi connectivity index (χ3n) is 5.94. The van der Waals surface area contributed by atoms with Crippen molar-refractivity contribution >= 4 is 46.5 Å². The summed E-state index contributed by atoms with van der Waals surface area (Å²) in [4.78, 5) is 22.7. The summed E-state index contributed by atoms with van der Waals surface area (Å²) in [7, 11) is 0. The first-order valence-electron chi connectivity index (χ1n) is 11.7. The first-order valence-corrected chi connectivity index (χ1v) is 12.9. The number of nitrogens with zero attached hydrogens (tertiary/aromatic N) is 6. The molecule has 2 N–H and O–H groups in total. The van der Waals surface area contributed by atoms with Crippen LogP contribution in [0.4, 0.5) is 17.5 Å². The first-order chi connectivity index (χ1) is 16.7. The molecule has 2 aromatic heterocycles. The van der Waals surface area contributed by atoms with Gasteiger partial charge in [-0.2, -0.15) is 4.98 Å². The molecule has 0 bridgehead atoms. The second kappa shape index (κ2) is 11.0. The normalized spacial score (nSPS) is 15.5. The lowest BCUT2D eigenvalue weighted by Gasteiger charge is -2.19. The molecule has 2 aliphatic rings. The highest BCUT2D eigenvalue weighted by Crippen LogP contribution is 2.28. The molecule has 1 aromatic carbocycles. The Kier molecular flexibility index (Phi) is 7.35. The highest BCUT2D eigenvalue weighted by molar-refractivity contribution is 7.99. The van der Waals surface area contributed by atoms with E-state index in [2.05, 4.69) is 59.7 Å². The predicted octanol–water partition coefficient (Wildman–Crippen LogP) is 4.10. The molecule has 0 saturated carbocycles. The Bertz CT molecular complexity index is 1100. The maximum absolute atomic E-state index is 5.54. The van der Waals surface area contributed by atoms with Crippen LogP contribution in [-0.2, 0) is 6.54 Å². The molecule has 2 aliphatic heterocycles.